The summed E-state index contributed by atoms with van der Waals surface area (Å²) in [5.41, 5.74) is 2.38. The third kappa shape index (κ3) is 3.72. The fourth-order valence-electron chi connectivity index (χ4n) is 2.63. The summed E-state index contributed by atoms with van der Waals surface area (Å²) in [5, 5.41) is 3.02. The van der Waals surface area contributed by atoms with Gasteiger partial charge in [-0.2, -0.15) is 13.2 Å². The van der Waals surface area contributed by atoms with Gasteiger partial charge in [-0.1, -0.05) is 37.6 Å². The third-order valence-corrected chi connectivity index (χ3v) is 3.80. The molecule has 2 unspecified atom stereocenters. The Balaban J connectivity index is 1.94. The first kappa shape index (κ1) is 14.4. The van der Waals surface area contributed by atoms with Crippen LogP contribution in [-0.4, -0.2) is 12.7 Å². The van der Waals surface area contributed by atoms with Crippen molar-refractivity contribution in [3.05, 3.63) is 35.4 Å². The molecule has 0 aromatic heterocycles. The molecule has 106 valence electrons. The number of benzene rings is 1. The standard InChI is InChI=1S/C15H20F3N/c1-2-3-11-4-6-12(7-5-11)14-9-8-13(10-19-14)15(16,17)18/h4-7,13-14,19H,2-3,8-10H2,1H3. The van der Waals surface area contributed by atoms with Crippen molar-refractivity contribution < 1.29 is 13.2 Å². The fourth-order valence-corrected chi connectivity index (χ4v) is 2.63. The number of halogens is 3. The van der Waals surface area contributed by atoms with Crippen LogP contribution in [0.2, 0.25) is 0 Å². The van der Waals surface area contributed by atoms with Crippen LogP contribution in [0.25, 0.3) is 0 Å². The van der Waals surface area contributed by atoms with E-state index in [1.165, 1.54) is 5.56 Å². The highest BCUT2D eigenvalue weighted by molar-refractivity contribution is 5.25. The van der Waals surface area contributed by atoms with Crippen molar-refractivity contribution in [3.63, 3.8) is 0 Å². The van der Waals surface area contributed by atoms with Crippen molar-refractivity contribution in [1.29, 1.82) is 0 Å². The molecule has 1 aliphatic rings. The van der Waals surface area contributed by atoms with E-state index in [2.05, 4.69) is 24.4 Å². The average Bonchev–Trinajstić information content (AvgIpc) is 2.39. The highest BCUT2D eigenvalue weighted by Gasteiger charge is 2.41. The number of piperidine rings is 1. The van der Waals surface area contributed by atoms with E-state index in [1.807, 2.05) is 12.1 Å². The van der Waals surface area contributed by atoms with Crippen LogP contribution in [0.4, 0.5) is 13.2 Å². The summed E-state index contributed by atoms with van der Waals surface area (Å²) < 4.78 is 37.7. The Hall–Kier alpha value is -1.03. The number of hydrogen-bond acceptors (Lipinski definition) is 1. The van der Waals surface area contributed by atoms with E-state index >= 15 is 0 Å². The Morgan fingerprint density at radius 2 is 1.84 bits per heavy atom. The van der Waals surface area contributed by atoms with Crippen LogP contribution in [0.5, 0.6) is 0 Å². The molecule has 1 saturated heterocycles. The molecule has 1 aromatic rings. The topological polar surface area (TPSA) is 12.0 Å². The maximum Gasteiger partial charge on any atom is 0.393 e. The number of hydrogen-bond donors (Lipinski definition) is 1. The molecule has 0 radical (unpaired) electrons. The molecule has 0 spiro atoms. The largest absolute Gasteiger partial charge is 0.393 e. The summed E-state index contributed by atoms with van der Waals surface area (Å²) >= 11 is 0. The summed E-state index contributed by atoms with van der Waals surface area (Å²) in [4.78, 5) is 0. The number of rotatable bonds is 3. The van der Waals surface area contributed by atoms with Crippen molar-refractivity contribution in [2.24, 2.45) is 5.92 Å². The lowest BCUT2D eigenvalue weighted by atomic mass is 9.90. The van der Waals surface area contributed by atoms with Gasteiger partial charge in [0.25, 0.3) is 0 Å². The predicted molar refractivity (Wildman–Crippen MR) is 70.0 cm³/mol. The lowest BCUT2D eigenvalue weighted by molar-refractivity contribution is -0.179. The molecule has 1 nitrogen and oxygen atoms in total. The predicted octanol–water partition coefficient (Wildman–Crippen LogP) is 4.24. The van der Waals surface area contributed by atoms with Crippen molar-refractivity contribution in [3.8, 4) is 0 Å². The summed E-state index contributed by atoms with van der Waals surface area (Å²) in [5.74, 6) is -1.19. The minimum absolute atomic E-state index is 0.0326. The lowest BCUT2D eigenvalue weighted by Gasteiger charge is -2.31. The summed E-state index contributed by atoms with van der Waals surface area (Å²) in [6.07, 6.45) is -1.14. The highest BCUT2D eigenvalue weighted by atomic mass is 19.4. The molecule has 4 heteroatoms. The van der Waals surface area contributed by atoms with E-state index in [0.29, 0.717) is 6.42 Å². The van der Waals surface area contributed by atoms with Gasteiger partial charge in [0.15, 0.2) is 0 Å². The van der Waals surface area contributed by atoms with Gasteiger partial charge >= 0.3 is 6.18 Å². The second kappa shape index (κ2) is 5.95. The molecule has 1 fully saturated rings. The second-order valence-corrected chi connectivity index (χ2v) is 5.27. The van der Waals surface area contributed by atoms with Crippen LogP contribution in [0.15, 0.2) is 24.3 Å². The molecule has 0 saturated carbocycles. The number of aryl methyl sites for hydroxylation is 1. The van der Waals surface area contributed by atoms with Gasteiger partial charge < -0.3 is 5.32 Å². The first-order valence-corrected chi connectivity index (χ1v) is 6.89. The summed E-state index contributed by atoms with van der Waals surface area (Å²) in [7, 11) is 0. The minimum Gasteiger partial charge on any atom is -0.309 e. The van der Waals surface area contributed by atoms with Crippen LogP contribution in [0.3, 0.4) is 0 Å². The molecule has 2 rings (SSSR count). The Bertz CT molecular complexity index is 389. The van der Waals surface area contributed by atoms with E-state index in [0.717, 1.165) is 18.4 Å². The van der Waals surface area contributed by atoms with Gasteiger partial charge in [-0.25, -0.2) is 0 Å². The zero-order valence-corrected chi connectivity index (χ0v) is 11.1. The van der Waals surface area contributed by atoms with Crippen molar-refractivity contribution in [2.75, 3.05) is 6.54 Å². The van der Waals surface area contributed by atoms with E-state index < -0.39 is 12.1 Å². The van der Waals surface area contributed by atoms with Crippen molar-refractivity contribution in [2.45, 2.75) is 44.8 Å². The molecule has 1 N–H and O–H groups in total. The Labute approximate surface area is 112 Å². The van der Waals surface area contributed by atoms with Gasteiger partial charge in [0.1, 0.15) is 0 Å². The monoisotopic (exact) mass is 271 g/mol. The third-order valence-electron chi connectivity index (χ3n) is 3.80. The van der Waals surface area contributed by atoms with E-state index in [-0.39, 0.29) is 19.0 Å². The normalized spacial score (nSPS) is 24.4. The Kier molecular flexibility index (Phi) is 4.50. The maximum absolute atomic E-state index is 12.6. The molecule has 1 aliphatic heterocycles. The van der Waals surface area contributed by atoms with Crippen LogP contribution in [0, 0.1) is 5.92 Å². The van der Waals surface area contributed by atoms with E-state index in [1.54, 1.807) is 0 Å². The Morgan fingerprint density at radius 1 is 1.16 bits per heavy atom. The first-order valence-electron chi connectivity index (χ1n) is 6.89. The zero-order chi connectivity index (χ0) is 13.9. The molecule has 0 amide bonds. The molecule has 0 bridgehead atoms. The lowest BCUT2D eigenvalue weighted by Crippen LogP contribution is -2.40. The van der Waals surface area contributed by atoms with Crippen molar-refractivity contribution in [1.82, 2.24) is 5.32 Å². The Morgan fingerprint density at radius 3 is 2.32 bits per heavy atom. The smallest absolute Gasteiger partial charge is 0.309 e. The first-order chi connectivity index (χ1) is 9.00. The molecule has 1 aromatic carbocycles. The zero-order valence-electron chi connectivity index (χ0n) is 11.1. The average molecular weight is 271 g/mol. The van der Waals surface area contributed by atoms with Crippen LogP contribution in [0.1, 0.15) is 43.4 Å². The molecular formula is C15H20F3N. The second-order valence-electron chi connectivity index (χ2n) is 5.27. The molecular weight excluding hydrogens is 251 g/mol. The molecule has 1 heterocycles. The molecule has 19 heavy (non-hydrogen) atoms. The van der Waals surface area contributed by atoms with E-state index in [9.17, 15) is 13.2 Å². The van der Waals surface area contributed by atoms with Gasteiger partial charge in [0.2, 0.25) is 0 Å². The number of alkyl halides is 3. The molecule has 0 aliphatic carbocycles. The van der Waals surface area contributed by atoms with Gasteiger partial charge in [-0.05, 0) is 30.4 Å². The summed E-state index contributed by atoms with van der Waals surface area (Å²) in [6, 6.07) is 8.30. The van der Waals surface area contributed by atoms with Gasteiger partial charge in [0, 0.05) is 12.6 Å². The van der Waals surface area contributed by atoms with Gasteiger partial charge in [-0.3, -0.25) is 0 Å². The highest BCUT2D eigenvalue weighted by Crippen LogP contribution is 2.35. The van der Waals surface area contributed by atoms with Gasteiger partial charge in [0.05, 0.1) is 5.92 Å². The SMILES string of the molecule is CCCc1ccc(C2CCC(C(F)(F)F)CN2)cc1. The van der Waals surface area contributed by atoms with Crippen LogP contribution < -0.4 is 5.32 Å². The quantitative estimate of drug-likeness (QED) is 0.867. The molecule has 2 atom stereocenters. The van der Waals surface area contributed by atoms with Crippen LogP contribution in [-0.2, 0) is 6.42 Å². The fraction of sp³-hybridized carbons (Fsp3) is 0.600. The minimum atomic E-state index is -4.07. The summed E-state index contributed by atoms with van der Waals surface area (Å²) in [6.45, 7) is 2.17. The van der Waals surface area contributed by atoms with E-state index in [4.69, 9.17) is 0 Å². The van der Waals surface area contributed by atoms with Crippen LogP contribution >= 0.6 is 0 Å². The maximum atomic E-state index is 12.6. The number of nitrogens with one attached hydrogen (secondary N) is 1. The van der Waals surface area contributed by atoms with Crippen molar-refractivity contribution >= 4 is 0 Å². The van der Waals surface area contributed by atoms with Gasteiger partial charge in [-0.15, -0.1) is 0 Å².